The van der Waals surface area contributed by atoms with E-state index in [0.29, 0.717) is 0 Å². The normalized spacial score (nSPS) is 13.8. The monoisotopic (exact) mass is 380 g/mol. The van der Waals surface area contributed by atoms with Crippen molar-refractivity contribution in [3.05, 3.63) is 70.2 Å². The SMILES string of the molecule is C[C@@H](C(=O)c1ccc(Br)cc1)[C@H](Br)c1ccccc1. The van der Waals surface area contributed by atoms with E-state index in [1.165, 1.54) is 0 Å². The number of halogens is 2. The number of ketones is 1. The molecular weight excluding hydrogens is 368 g/mol. The Balaban J connectivity index is 2.17. The molecule has 3 heteroatoms. The first-order chi connectivity index (χ1) is 9.09. The second-order valence-electron chi connectivity index (χ2n) is 4.47. The summed E-state index contributed by atoms with van der Waals surface area (Å²) in [7, 11) is 0. The highest BCUT2D eigenvalue weighted by Crippen LogP contribution is 2.32. The fourth-order valence-corrected chi connectivity index (χ4v) is 2.75. The van der Waals surface area contributed by atoms with Gasteiger partial charge in [-0.05, 0) is 17.7 Å². The van der Waals surface area contributed by atoms with E-state index in [-0.39, 0.29) is 16.5 Å². The highest BCUT2D eigenvalue weighted by atomic mass is 79.9. The van der Waals surface area contributed by atoms with E-state index in [4.69, 9.17) is 0 Å². The van der Waals surface area contributed by atoms with Crippen LogP contribution in [0.25, 0.3) is 0 Å². The van der Waals surface area contributed by atoms with Gasteiger partial charge in [-0.2, -0.15) is 0 Å². The molecule has 0 aliphatic heterocycles. The molecule has 0 saturated heterocycles. The highest BCUT2D eigenvalue weighted by molar-refractivity contribution is 9.10. The summed E-state index contributed by atoms with van der Waals surface area (Å²) >= 11 is 7.01. The number of hydrogen-bond donors (Lipinski definition) is 0. The van der Waals surface area contributed by atoms with Crippen molar-refractivity contribution in [3.8, 4) is 0 Å². The Kier molecular flexibility index (Phi) is 4.94. The van der Waals surface area contributed by atoms with Crippen LogP contribution in [0, 0.1) is 5.92 Å². The van der Waals surface area contributed by atoms with Crippen molar-refractivity contribution < 1.29 is 4.79 Å². The zero-order valence-electron chi connectivity index (χ0n) is 10.5. The summed E-state index contributed by atoms with van der Waals surface area (Å²) in [5.41, 5.74) is 1.87. The van der Waals surface area contributed by atoms with Gasteiger partial charge < -0.3 is 0 Å². The third-order valence-electron chi connectivity index (χ3n) is 3.10. The fraction of sp³-hybridized carbons (Fsp3) is 0.188. The van der Waals surface area contributed by atoms with Gasteiger partial charge in [-0.15, -0.1) is 0 Å². The molecule has 19 heavy (non-hydrogen) atoms. The molecule has 2 atom stereocenters. The van der Waals surface area contributed by atoms with Gasteiger partial charge in [0.05, 0.1) is 0 Å². The van der Waals surface area contributed by atoms with Crippen molar-refractivity contribution in [2.75, 3.05) is 0 Å². The average molecular weight is 382 g/mol. The molecular formula is C16H14Br2O. The van der Waals surface area contributed by atoms with Crippen molar-refractivity contribution in [2.24, 2.45) is 5.92 Å². The van der Waals surface area contributed by atoms with Crippen LogP contribution in [-0.4, -0.2) is 5.78 Å². The Labute approximate surface area is 130 Å². The molecule has 0 aliphatic carbocycles. The topological polar surface area (TPSA) is 17.1 Å². The third kappa shape index (κ3) is 3.54. The molecule has 0 saturated carbocycles. The molecule has 0 radical (unpaired) electrons. The number of rotatable bonds is 4. The van der Waals surface area contributed by atoms with Crippen LogP contribution in [0.1, 0.15) is 27.7 Å². The van der Waals surface area contributed by atoms with Gasteiger partial charge in [0.15, 0.2) is 5.78 Å². The Bertz CT molecular complexity index is 549. The van der Waals surface area contributed by atoms with E-state index in [2.05, 4.69) is 31.9 Å². The molecule has 0 unspecified atom stereocenters. The summed E-state index contributed by atoms with van der Waals surface area (Å²) in [5, 5.41) is 0. The van der Waals surface area contributed by atoms with Crippen molar-refractivity contribution >= 4 is 37.6 Å². The summed E-state index contributed by atoms with van der Waals surface area (Å²) in [6, 6.07) is 17.5. The van der Waals surface area contributed by atoms with Gasteiger partial charge in [0.25, 0.3) is 0 Å². The lowest BCUT2D eigenvalue weighted by Gasteiger charge is -2.17. The molecule has 0 N–H and O–H groups in total. The lowest BCUT2D eigenvalue weighted by Crippen LogP contribution is -2.16. The van der Waals surface area contributed by atoms with Crippen molar-refractivity contribution in [2.45, 2.75) is 11.8 Å². The maximum Gasteiger partial charge on any atom is 0.167 e. The van der Waals surface area contributed by atoms with E-state index in [9.17, 15) is 4.79 Å². The van der Waals surface area contributed by atoms with Crippen LogP contribution in [0.3, 0.4) is 0 Å². The average Bonchev–Trinajstić information content (AvgIpc) is 2.46. The van der Waals surface area contributed by atoms with Crippen LogP contribution in [0.15, 0.2) is 59.1 Å². The summed E-state index contributed by atoms with van der Waals surface area (Å²) in [6.07, 6.45) is 0. The predicted octanol–water partition coefficient (Wildman–Crippen LogP) is 5.40. The molecule has 2 aromatic rings. The first-order valence-corrected chi connectivity index (χ1v) is 7.79. The molecule has 0 bridgehead atoms. The van der Waals surface area contributed by atoms with E-state index < -0.39 is 0 Å². The van der Waals surface area contributed by atoms with Gasteiger partial charge in [-0.1, -0.05) is 81.2 Å². The van der Waals surface area contributed by atoms with Crippen molar-refractivity contribution in [1.29, 1.82) is 0 Å². The molecule has 0 fully saturated rings. The van der Waals surface area contributed by atoms with Crippen LogP contribution in [0.5, 0.6) is 0 Å². The van der Waals surface area contributed by atoms with Gasteiger partial charge >= 0.3 is 0 Å². The Morgan fingerprint density at radius 2 is 1.58 bits per heavy atom. The number of carbonyl (C=O) groups is 1. The van der Waals surface area contributed by atoms with Crippen molar-refractivity contribution in [1.82, 2.24) is 0 Å². The van der Waals surface area contributed by atoms with Gasteiger partial charge in [0.2, 0.25) is 0 Å². The van der Waals surface area contributed by atoms with Gasteiger partial charge in [-0.25, -0.2) is 0 Å². The smallest absolute Gasteiger partial charge is 0.167 e. The molecule has 0 amide bonds. The van der Waals surface area contributed by atoms with Gasteiger partial charge in [0, 0.05) is 20.8 Å². The number of Topliss-reactive ketones (excluding diaryl/α,β-unsaturated/α-hetero) is 1. The summed E-state index contributed by atoms with van der Waals surface area (Å²) < 4.78 is 0.982. The standard InChI is InChI=1S/C16H14Br2O/c1-11(15(18)12-5-3-2-4-6-12)16(19)13-7-9-14(17)10-8-13/h2-11,15H,1H3/t11-,15+/m1/s1. The molecule has 0 heterocycles. The van der Waals surface area contributed by atoms with Crippen molar-refractivity contribution in [3.63, 3.8) is 0 Å². The Hall–Kier alpha value is -0.930. The molecule has 1 nitrogen and oxygen atoms in total. The van der Waals surface area contributed by atoms with Crippen LogP contribution < -0.4 is 0 Å². The Morgan fingerprint density at radius 1 is 1.00 bits per heavy atom. The number of alkyl halides is 1. The molecule has 0 spiro atoms. The van der Waals surface area contributed by atoms with E-state index >= 15 is 0 Å². The predicted molar refractivity (Wildman–Crippen MR) is 85.7 cm³/mol. The minimum Gasteiger partial charge on any atom is -0.294 e. The Morgan fingerprint density at radius 3 is 2.16 bits per heavy atom. The number of hydrogen-bond acceptors (Lipinski definition) is 1. The second-order valence-corrected chi connectivity index (χ2v) is 6.37. The van der Waals surface area contributed by atoms with E-state index in [1.807, 2.05) is 61.5 Å². The zero-order chi connectivity index (χ0) is 13.8. The molecule has 0 aromatic heterocycles. The highest BCUT2D eigenvalue weighted by Gasteiger charge is 2.23. The molecule has 2 aromatic carbocycles. The summed E-state index contributed by atoms with van der Waals surface area (Å²) in [4.78, 5) is 12.5. The number of carbonyl (C=O) groups excluding carboxylic acids is 1. The van der Waals surface area contributed by atoms with Crippen LogP contribution >= 0.6 is 31.9 Å². The minimum absolute atomic E-state index is 0.0323. The fourth-order valence-electron chi connectivity index (χ4n) is 1.94. The van der Waals surface area contributed by atoms with Gasteiger partial charge in [-0.3, -0.25) is 4.79 Å². The van der Waals surface area contributed by atoms with E-state index in [0.717, 1.165) is 15.6 Å². The molecule has 98 valence electrons. The third-order valence-corrected chi connectivity index (χ3v) is 4.95. The molecule has 2 rings (SSSR count). The number of benzene rings is 2. The lowest BCUT2D eigenvalue weighted by molar-refractivity contribution is 0.0929. The van der Waals surface area contributed by atoms with Crippen LogP contribution in [0.4, 0.5) is 0 Å². The zero-order valence-corrected chi connectivity index (χ0v) is 13.7. The first kappa shape index (κ1) is 14.5. The maximum atomic E-state index is 12.4. The quantitative estimate of drug-likeness (QED) is 0.511. The summed E-state index contributed by atoms with van der Waals surface area (Å²) in [6.45, 7) is 1.96. The second kappa shape index (κ2) is 6.49. The van der Waals surface area contributed by atoms with E-state index in [1.54, 1.807) is 0 Å². The lowest BCUT2D eigenvalue weighted by atomic mass is 9.93. The van der Waals surface area contributed by atoms with Crippen LogP contribution in [0.2, 0.25) is 0 Å². The van der Waals surface area contributed by atoms with Crippen LogP contribution in [-0.2, 0) is 0 Å². The molecule has 0 aliphatic rings. The maximum absolute atomic E-state index is 12.4. The largest absolute Gasteiger partial charge is 0.294 e. The van der Waals surface area contributed by atoms with Gasteiger partial charge in [0.1, 0.15) is 0 Å². The summed E-state index contributed by atoms with van der Waals surface area (Å²) in [5.74, 6) is 0.0433. The minimum atomic E-state index is -0.108. The first-order valence-electron chi connectivity index (χ1n) is 6.08.